The molecule has 4 heteroatoms. The smallest absolute Gasteiger partial charge is 0.153 e. The van der Waals surface area contributed by atoms with Crippen molar-refractivity contribution in [2.75, 3.05) is 6.61 Å². The van der Waals surface area contributed by atoms with Crippen LogP contribution in [0.1, 0.15) is 37.3 Å². The zero-order valence-corrected chi connectivity index (χ0v) is 17.6. The van der Waals surface area contributed by atoms with E-state index >= 15 is 0 Å². The maximum Gasteiger partial charge on any atom is 0.153 e. The van der Waals surface area contributed by atoms with Crippen molar-refractivity contribution in [3.63, 3.8) is 0 Å². The first-order valence-corrected chi connectivity index (χ1v) is 10.6. The van der Waals surface area contributed by atoms with Gasteiger partial charge < -0.3 is 14.0 Å². The van der Waals surface area contributed by atoms with E-state index in [4.69, 9.17) is 14.5 Å². The molecule has 154 valence electrons. The standard InChI is InChI=1S/C26H28N2O2/c1-20-12-6-9-17-25(20)29-19-11-10-18-28-24-16-8-7-15-23(24)27-26(28)21(2)30-22-13-4-3-5-14-22/h3-9,12-17,21H,10-11,18-19H2,1-2H3. The molecule has 1 atom stereocenters. The summed E-state index contributed by atoms with van der Waals surface area (Å²) in [5.74, 6) is 2.78. The van der Waals surface area contributed by atoms with Gasteiger partial charge in [0, 0.05) is 6.54 Å². The van der Waals surface area contributed by atoms with E-state index in [0.29, 0.717) is 6.61 Å². The van der Waals surface area contributed by atoms with E-state index in [1.807, 2.05) is 54.6 Å². The first kappa shape index (κ1) is 20.0. The molecular weight excluding hydrogens is 372 g/mol. The third-order valence-electron chi connectivity index (χ3n) is 5.23. The van der Waals surface area contributed by atoms with Gasteiger partial charge in [-0.25, -0.2) is 4.98 Å². The predicted molar refractivity (Wildman–Crippen MR) is 121 cm³/mol. The summed E-state index contributed by atoms with van der Waals surface area (Å²) in [6.07, 6.45) is 1.86. The molecule has 0 fully saturated rings. The maximum atomic E-state index is 6.16. The fraction of sp³-hybridized carbons (Fsp3) is 0.269. The van der Waals surface area contributed by atoms with E-state index in [-0.39, 0.29) is 6.10 Å². The van der Waals surface area contributed by atoms with Crippen LogP contribution in [-0.4, -0.2) is 16.2 Å². The Morgan fingerprint density at radius 1 is 0.867 bits per heavy atom. The van der Waals surface area contributed by atoms with Gasteiger partial charge in [-0.3, -0.25) is 0 Å². The van der Waals surface area contributed by atoms with Crippen molar-refractivity contribution in [1.29, 1.82) is 0 Å². The Balaban J connectivity index is 1.43. The monoisotopic (exact) mass is 400 g/mol. The molecule has 0 bridgehead atoms. The average molecular weight is 401 g/mol. The van der Waals surface area contributed by atoms with Gasteiger partial charge in [0.25, 0.3) is 0 Å². The van der Waals surface area contributed by atoms with Gasteiger partial charge in [-0.05, 0) is 62.6 Å². The molecule has 30 heavy (non-hydrogen) atoms. The summed E-state index contributed by atoms with van der Waals surface area (Å²) in [4.78, 5) is 4.87. The Bertz CT molecular complexity index is 1090. The van der Waals surface area contributed by atoms with Gasteiger partial charge in [-0.1, -0.05) is 48.5 Å². The predicted octanol–water partition coefficient (Wildman–Crippen LogP) is 6.34. The fourth-order valence-corrected chi connectivity index (χ4v) is 3.67. The number of hydrogen-bond acceptors (Lipinski definition) is 3. The van der Waals surface area contributed by atoms with Gasteiger partial charge in [0.2, 0.25) is 0 Å². The number of aryl methyl sites for hydroxylation is 2. The van der Waals surface area contributed by atoms with Gasteiger partial charge in [0.15, 0.2) is 11.9 Å². The Morgan fingerprint density at radius 2 is 1.60 bits per heavy atom. The van der Waals surface area contributed by atoms with Crippen LogP contribution < -0.4 is 9.47 Å². The summed E-state index contributed by atoms with van der Waals surface area (Å²) in [6, 6.07) is 26.4. The lowest BCUT2D eigenvalue weighted by Crippen LogP contribution is -2.12. The van der Waals surface area contributed by atoms with Crippen molar-refractivity contribution in [2.45, 2.75) is 39.3 Å². The van der Waals surface area contributed by atoms with Crippen molar-refractivity contribution in [3.05, 3.63) is 90.3 Å². The van der Waals surface area contributed by atoms with Gasteiger partial charge in [0.1, 0.15) is 11.5 Å². The number of unbranched alkanes of at least 4 members (excludes halogenated alkanes) is 1. The van der Waals surface area contributed by atoms with Gasteiger partial charge in [0.05, 0.1) is 17.6 Å². The summed E-state index contributed by atoms with van der Waals surface area (Å²) in [5, 5.41) is 0. The number of hydrogen-bond donors (Lipinski definition) is 0. The summed E-state index contributed by atoms with van der Waals surface area (Å²) >= 11 is 0. The summed E-state index contributed by atoms with van der Waals surface area (Å²) in [6.45, 7) is 5.73. The van der Waals surface area contributed by atoms with Crippen LogP contribution in [0.4, 0.5) is 0 Å². The second kappa shape index (κ2) is 9.49. The highest BCUT2D eigenvalue weighted by Crippen LogP contribution is 2.25. The van der Waals surface area contributed by atoms with Crippen LogP contribution in [0.2, 0.25) is 0 Å². The van der Waals surface area contributed by atoms with E-state index < -0.39 is 0 Å². The van der Waals surface area contributed by atoms with Gasteiger partial charge in [-0.2, -0.15) is 0 Å². The van der Waals surface area contributed by atoms with Crippen molar-refractivity contribution in [2.24, 2.45) is 0 Å². The molecule has 0 spiro atoms. The largest absolute Gasteiger partial charge is 0.493 e. The van der Waals surface area contributed by atoms with Crippen molar-refractivity contribution in [3.8, 4) is 11.5 Å². The molecule has 1 aromatic heterocycles. The number of ether oxygens (including phenoxy) is 2. The lowest BCUT2D eigenvalue weighted by atomic mass is 10.2. The van der Waals surface area contributed by atoms with E-state index in [2.05, 4.69) is 42.7 Å². The first-order chi connectivity index (χ1) is 14.7. The third-order valence-corrected chi connectivity index (χ3v) is 5.23. The molecule has 0 aliphatic carbocycles. The van der Waals surface area contributed by atoms with Crippen LogP contribution >= 0.6 is 0 Å². The Hall–Kier alpha value is -3.27. The van der Waals surface area contributed by atoms with E-state index in [1.165, 1.54) is 5.56 Å². The molecule has 3 aromatic carbocycles. The number of para-hydroxylation sites is 4. The molecule has 4 aromatic rings. The normalized spacial score (nSPS) is 12.1. The Labute approximate surface area is 178 Å². The van der Waals surface area contributed by atoms with Crippen molar-refractivity contribution >= 4 is 11.0 Å². The fourth-order valence-electron chi connectivity index (χ4n) is 3.67. The molecule has 0 aliphatic heterocycles. The first-order valence-electron chi connectivity index (χ1n) is 10.6. The number of nitrogens with zero attached hydrogens (tertiary/aromatic N) is 2. The molecule has 0 radical (unpaired) electrons. The van der Waals surface area contributed by atoms with Crippen LogP contribution in [0, 0.1) is 6.92 Å². The van der Waals surface area contributed by atoms with Crippen molar-refractivity contribution in [1.82, 2.24) is 9.55 Å². The quantitative estimate of drug-likeness (QED) is 0.307. The molecule has 0 saturated heterocycles. The molecule has 4 rings (SSSR count). The molecule has 1 unspecified atom stereocenters. The van der Waals surface area contributed by atoms with Crippen LogP contribution in [0.5, 0.6) is 11.5 Å². The number of benzene rings is 3. The number of fused-ring (bicyclic) bond motifs is 1. The molecule has 0 amide bonds. The molecule has 0 saturated carbocycles. The van der Waals surface area contributed by atoms with Crippen LogP contribution in [0.25, 0.3) is 11.0 Å². The third kappa shape index (κ3) is 4.65. The van der Waals surface area contributed by atoms with E-state index in [1.54, 1.807) is 0 Å². The Kier molecular flexibility index (Phi) is 6.33. The average Bonchev–Trinajstić information content (AvgIpc) is 3.14. The van der Waals surface area contributed by atoms with Crippen molar-refractivity contribution < 1.29 is 9.47 Å². The summed E-state index contributed by atoms with van der Waals surface area (Å²) < 4.78 is 14.4. The van der Waals surface area contributed by atoms with Gasteiger partial charge >= 0.3 is 0 Å². The number of aromatic nitrogens is 2. The molecule has 4 nitrogen and oxygen atoms in total. The molecule has 0 aliphatic rings. The highest BCUT2D eigenvalue weighted by Gasteiger charge is 2.17. The zero-order chi connectivity index (χ0) is 20.8. The lowest BCUT2D eigenvalue weighted by molar-refractivity contribution is 0.211. The van der Waals surface area contributed by atoms with Crippen LogP contribution in [0.3, 0.4) is 0 Å². The van der Waals surface area contributed by atoms with E-state index in [9.17, 15) is 0 Å². The SMILES string of the molecule is Cc1ccccc1OCCCCn1c(C(C)Oc2ccccc2)nc2ccccc21. The zero-order valence-electron chi connectivity index (χ0n) is 17.6. The summed E-state index contributed by atoms with van der Waals surface area (Å²) in [5.41, 5.74) is 3.33. The minimum absolute atomic E-state index is 0.136. The highest BCUT2D eigenvalue weighted by atomic mass is 16.5. The second-order valence-electron chi connectivity index (χ2n) is 7.50. The van der Waals surface area contributed by atoms with Crippen LogP contribution in [0.15, 0.2) is 78.9 Å². The molecular formula is C26H28N2O2. The minimum Gasteiger partial charge on any atom is -0.493 e. The second-order valence-corrected chi connectivity index (χ2v) is 7.50. The number of imidazole rings is 1. The summed E-state index contributed by atoms with van der Waals surface area (Å²) in [7, 11) is 0. The van der Waals surface area contributed by atoms with Crippen LogP contribution in [-0.2, 0) is 6.54 Å². The topological polar surface area (TPSA) is 36.3 Å². The maximum absolute atomic E-state index is 6.16. The minimum atomic E-state index is -0.136. The molecule has 0 N–H and O–H groups in total. The van der Waals surface area contributed by atoms with Gasteiger partial charge in [-0.15, -0.1) is 0 Å². The Morgan fingerprint density at radius 3 is 2.43 bits per heavy atom. The number of rotatable bonds is 9. The van der Waals surface area contributed by atoms with E-state index in [0.717, 1.165) is 47.7 Å². The molecule has 1 heterocycles. The highest BCUT2D eigenvalue weighted by molar-refractivity contribution is 5.76. The lowest BCUT2D eigenvalue weighted by Gasteiger charge is -2.17.